The molecular weight excluding hydrogens is 408 g/mol. The standard InChI is InChI=1S/C25H26N2O3S/c1-19-10-16-23(17-11-19)31(28,29)27(26-18-20-12-14-22(30-2)15-13-20)25-9-5-7-21-6-3-4-8-24(21)25/h3-4,6,8,10-18,25H,5,7,9H2,1-2H3/b26-18+. The molecule has 0 amide bonds. The van der Waals surface area contributed by atoms with E-state index in [4.69, 9.17) is 4.74 Å². The molecule has 4 rings (SSSR count). The molecule has 0 aromatic heterocycles. The number of ether oxygens (including phenoxy) is 1. The Bertz CT molecular complexity index is 1170. The fraction of sp³-hybridized carbons (Fsp3) is 0.240. The first-order valence-corrected chi connectivity index (χ1v) is 11.8. The molecule has 0 spiro atoms. The first kappa shape index (κ1) is 21.1. The molecule has 0 saturated heterocycles. The van der Waals surface area contributed by atoms with Crippen LogP contribution in [0.4, 0.5) is 0 Å². The Kier molecular flexibility index (Phi) is 6.09. The molecule has 31 heavy (non-hydrogen) atoms. The molecular formula is C25H26N2O3S. The molecule has 1 atom stereocenters. The van der Waals surface area contributed by atoms with Crippen LogP contribution in [0.25, 0.3) is 0 Å². The smallest absolute Gasteiger partial charge is 0.279 e. The highest BCUT2D eigenvalue weighted by molar-refractivity contribution is 7.89. The van der Waals surface area contributed by atoms with Crippen LogP contribution in [0.15, 0.2) is 82.8 Å². The lowest BCUT2D eigenvalue weighted by molar-refractivity contribution is 0.306. The molecule has 0 radical (unpaired) electrons. The van der Waals surface area contributed by atoms with Crippen LogP contribution in [-0.2, 0) is 16.4 Å². The zero-order valence-electron chi connectivity index (χ0n) is 17.7. The minimum absolute atomic E-state index is 0.244. The van der Waals surface area contributed by atoms with Crippen molar-refractivity contribution in [2.75, 3.05) is 7.11 Å². The van der Waals surface area contributed by atoms with E-state index >= 15 is 0 Å². The predicted octanol–water partition coefficient (Wildman–Crippen LogP) is 5.11. The van der Waals surface area contributed by atoms with Crippen LogP contribution in [-0.4, -0.2) is 26.2 Å². The van der Waals surface area contributed by atoms with E-state index in [0.717, 1.165) is 41.7 Å². The molecule has 0 saturated carbocycles. The lowest BCUT2D eigenvalue weighted by atomic mass is 9.88. The molecule has 0 aliphatic heterocycles. The number of hydrogen-bond donors (Lipinski definition) is 0. The molecule has 1 aliphatic rings. The normalized spacial score (nSPS) is 16.1. The van der Waals surface area contributed by atoms with Gasteiger partial charge in [-0.2, -0.15) is 17.9 Å². The van der Waals surface area contributed by atoms with E-state index in [0.29, 0.717) is 0 Å². The summed E-state index contributed by atoms with van der Waals surface area (Å²) in [6.07, 6.45) is 4.19. The molecule has 5 nitrogen and oxygen atoms in total. The van der Waals surface area contributed by atoms with E-state index < -0.39 is 10.0 Å². The Balaban J connectivity index is 1.77. The summed E-state index contributed by atoms with van der Waals surface area (Å²) in [5, 5.41) is 4.52. The van der Waals surface area contributed by atoms with Crippen molar-refractivity contribution in [3.05, 3.63) is 95.1 Å². The van der Waals surface area contributed by atoms with Gasteiger partial charge in [0.1, 0.15) is 5.75 Å². The largest absolute Gasteiger partial charge is 0.497 e. The zero-order valence-corrected chi connectivity index (χ0v) is 18.5. The van der Waals surface area contributed by atoms with Crippen molar-refractivity contribution in [3.8, 4) is 5.75 Å². The van der Waals surface area contributed by atoms with Crippen LogP contribution < -0.4 is 4.74 Å². The van der Waals surface area contributed by atoms with Crippen molar-refractivity contribution in [1.29, 1.82) is 0 Å². The van der Waals surface area contributed by atoms with Crippen molar-refractivity contribution in [2.24, 2.45) is 5.10 Å². The van der Waals surface area contributed by atoms with E-state index in [1.165, 1.54) is 9.98 Å². The van der Waals surface area contributed by atoms with E-state index in [1.807, 2.05) is 61.5 Å². The van der Waals surface area contributed by atoms with Crippen LogP contribution in [0, 0.1) is 6.92 Å². The monoisotopic (exact) mass is 434 g/mol. The highest BCUT2D eigenvalue weighted by Crippen LogP contribution is 2.37. The van der Waals surface area contributed by atoms with Crippen LogP contribution in [0.5, 0.6) is 5.75 Å². The average Bonchev–Trinajstić information content (AvgIpc) is 2.80. The van der Waals surface area contributed by atoms with Gasteiger partial charge >= 0.3 is 0 Å². The van der Waals surface area contributed by atoms with Crippen molar-refractivity contribution in [2.45, 2.75) is 37.1 Å². The second-order valence-electron chi connectivity index (χ2n) is 7.72. The zero-order chi connectivity index (χ0) is 21.8. The summed E-state index contributed by atoms with van der Waals surface area (Å²) in [4.78, 5) is 0.244. The van der Waals surface area contributed by atoms with Gasteiger partial charge in [-0.25, -0.2) is 0 Å². The lowest BCUT2D eigenvalue weighted by Crippen LogP contribution is -2.33. The molecule has 0 fully saturated rings. The number of hydrogen-bond acceptors (Lipinski definition) is 4. The van der Waals surface area contributed by atoms with Gasteiger partial charge in [0.2, 0.25) is 0 Å². The van der Waals surface area contributed by atoms with Crippen molar-refractivity contribution in [3.63, 3.8) is 0 Å². The molecule has 1 aliphatic carbocycles. The highest BCUT2D eigenvalue weighted by Gasteiger charge is 2.34. The van der Waals surface area contributed by atoms with E-state index in [-0.39, 0.29) is 10.9 Å². The molecule has 3 aromatic carbocycles. The van der Waals surface area contributed by atoms with Gasteiger partial charge in [-0.15, -0.1) is 0 Å². The first-order valence-electron chi connectivity index (χ1n) is 10.4. The number of methoxy groups -OCH3 is 1. The number of rotatable bonds is 6. The summed E-state index contributed by atoms with van der Waals surface area (Å²) in [6, 6.07) is 22.0. The quantitative estimate of drug-likeness (QED) is 0.400. The second kappa shape index (κ2) is 8.94. The van der Waals surface area contributed by atoms with Gasteiger partial charge in [-0.05, 0) is 79.3 Å². The van der Waals surface area contributed by atoms with Gasteiger partial charge in [0, 0.05) is 0 Å². The van der Waals surface area contributed by atoms with Crippen LogP contribution in [0.3, 0.4) is 0 Å². The lowest BCUT2D eigenvalue weighted by Gasteiger charge is -2.33. The van der Waals surface area contributed by atoms with E-state index in [1.54, 1.807) is 25.5 Å². The third kappa shape index (κ3) is 4.49. The Morgan fingerprint density at radius 2 is 1.71 bits per heavy atom. The molecule has 0 bridgehead atoms. The minimum atomic E-state index is -3.83. The summed E-state index contributed by atoms with van der Waals surface area (Å²) < 4.78 is 33.8. The fourth-order valence-electron chi connectivity index (χ4n) is 3.90. The maximum Gasteiger partial charge on any atom is 0.279 e. The molecule has 0 N–H and O–H groups in total. The topological polar surface area (TPSA) is 59.0 Å². The fourth-order valence-corrected chi connectivity index (χ4v) is 5.32. The van der Waals surface area contributed by atoms with Crippen molar-refractivity contribution < 1.29 is 13.2 Å². The van der Waals surface area contributed by atoms with E-state index in [2.05, 4.69) is 11.2 Å². The second-order valence-corrected chi connectivity index (χ2v) is 9.51. The molecule has 160 valence electrons. The predicted molar refractivity (Wildman–Crippen MR) is 123 cm³/mol. The van der Waals surface area contributed by atoms with Gasteiger partial charge in [-0.3, -0.25) is 0 Å². The highest BCUT2D eigenvalue weighted by atomic mass is 32.2. The number of nitrogens with zero attached hydrogens (tertiary/aromatic N) is 2. The molecule has 6 heteroatoms. The maximum absolute atomic E-state index is 13.7. The average molecular weight is 435 g/mol. The van der Waals surface area contributed by atoms with Gasteiger partial charge in [0.25, 0.3) is 10.0 Å². The Labute approximate surface area is 184 Å². The Hall–Kier alpha value is -3.12. The number of hydrazone groups is 1. The molecule has 3 aromatic rings. The van der Waals surface area contributed by atoms with Gasteiger partial charge < -0.3 is 4.74 Å². The summed E-state index contributed by atoms with van der Waals surface area (Å²) in [5.74, 6) is 0.738. The summed E-state index contributed by atoms with van der Waals surface area (Å²) in [6.45, 7) is 1.94. The van der Waals surface area contributed by atoms with Gasteiger partial charge in [0.15, 0.2) is 0 Å². The third-order valence-corrected chi connectivity index (χ3v) is 7.32. The van der Waals surface area contributed by atoms with Crippen LogP contribution >= 0.6 is 0 Å². The summed E-state index contributed by atoms with van der Waals surface area (Å²) in [5.41, 5.74) is 4.02. The minimum Gasteiger partial charge on any atom is -0.497 e. The van der Waals surface area contributed by atoms with Crippen molar-refractivity contribution in [1.82, 2.24) is 4.41 Å². The van der Waals surface area contributed by atoms with Gasteiger partial charge in [0.05, 0.1) is 24.3 Å². The van der Waals surface area contributed by atoms with Crippen LogP contribution in [0.2, 0.25) is 0 Å². The molecule has 0 heterocycles. The number of aryl methyl sites for hydroxylation is 2. The summed E-state index contributed by atoms with van der Waals surface area (Å²) >= 11 is 0. The van der Waals surface area contributed by atoms with Gasteiger partial charge in [-0.1, -0.05) is 42.0 Å². The maximum atomic E-state index is 13.7. The Morgan fingerprint density at radius 3 is 2.42 bits per heavy atom. The Morgan fingerprint density at radius 1 is 1.00 bits per heavy atom. The number of fused-ring (bicyclic) bond motifs is 1. The third-order valence-electron chi connectivity index (χ3n) is 5.61. The van der Waals surface area contributed by atoms with Crippen LogP contribution in [0.1, 0.15) is 41.1 Å². The van der Waals surface area contributed by atoms with E-state index in [9.17, 15) is 8.42 Å². The number of benzene rings is 3. The van der Waals surface area contributed by atoms with Crippen molar-refractivity contribution >= 4 is 16.2 Å². The number of sulfonamides is 1. The first-order chi connectivity index (χ1) is 15.0. The molecule has 1 unspecified atom stereocenters. The summed E-state index contributed by atoms with van der Waals surface area (Å²) in [7, 11) is -2.22. The SMILES string of the molecule is COc1ccc(/C=N/N(C2CCCc3ccccc32)S(=O)(=O)c2ccc(C)cc2)cc1.